The SMILES string of the molecule is Cc1cccc(C[C@@H](C=C[C@H]2CCC(=O)N2CCCc2ccc(CO)s2)OC2CCCCO2)c1. The molecule has 34 heavy (non-hydrogen) atoms. The Morgan fingerprint density at radius 3 is 2.88 bits per heavy atom. The Morgan fingerprint density at radius 1 is 1.24 bits per heavy atom. The van der Waals surface area contributed by atoms with E-state index < -0.39 is 0 Å². The van der Waals surface area contributed by atoms with Gasteiger partial charge in [0.15, 0.2) is 6.29 Å². The van der Waals surface area contributed by atoms with Crippen LogP contribution in [-0.4, -0.2) is 47.5 Å². The zero-order valence-electron chi connectivity index (χ0n) is 20.2. The molecule has 0 radical (unpaired) electrons. The first kappa shape index (κ1) is 25.1. The van der Waals surface area contributed by atoms with Crippen molar-refractivity contribution in [3.8, 4) is 0 Å². The van der Waals surface area contributed by atoms with E-state index in [2.05, 4.69) is 49.4 Å². The lowest BCUT2D eigenvalue weighted by molar-refractivity contribution is -0.178. The van der Waals surface area contributed by atoms with Crippen LogP contribution in [0.1, 0.15) is 59.4 Å². The van der Waals surface area contributed by atoms with Gasteiger partial charge in [-0.25, -0.2) is 0 Å². The largest absolute Gasteiger partial charge is 0.391 e. The quantitative estimate of drug-likeness (QED) is 0.447. The van der Waals surface area contributed by atoms with E-state index in [0.29, 0.717) is 6.42 Å². The van der Waals surface area contributed by atoms with Gasteiger partial charge >= 0.3 is 0 Å². The number of benzene rings is 1. The minimum Gasteiger partial charge on any atom is -0.391 e. The van der Waals surface area contributed by atoms with Gasteiger partial charge in [-0.05, 0) is 63.1 Å². The van der Waals surface area contributed by atoms with Gasteiger partial charge in [0.1, 0.15) is 0 Å². The van der Waals surface area contributed by atoms with E-state index in [1.54, 1.807) is 11.3 Å². The molecule has 1 unspecified atom stereocenters. The van der Waals surface area contributed by atoms with Crippen molar-refractivity contribution in [1.29, 1.82) is 0 Å². The average molecular weight is 484 g/mol. The van der Waals surface area contributed by atoms with Crippen LogP contribution in [0.2, 0.25) is 0 Å². The molecule has 4 rings (SSSR count). The zero-order valence-corrected chi connectivity index (χ0v) is 21.0. The topological polar surface area (TPSA) is 59.0 Å². The van der Waals surface area contributed by atoms with E-state index in [1.165, 1.54) is 16.0 Å². The molecule has 1 aromatic heterocycles. The lowest BCUT2D eigenvalue weighted by atomic mass is 10.0. The lowest BCUT2D eigenvalue weighted by Gasteiger charge is -2.27. The van der Waals surface area contributed by atoms with Crippen LogP contribution < -0.4 is 0 Å². The minimum atomic E-state index is -0.149. The number of nitrogens with zero attached hydrogens (tertiary/aromatic N) is 1. The highest BCUT2D eigenvalue weighted by atomic mass is 32.1. The number of carbonyl (C=O) groups is 1. The summed E-state index contributed by atoms with van der Waals surface area (Å²) in [5, 5.41) is 9.26. The summed E-state index contributed by atoms with van der Waals surface area (Å²) in [5.74, 6) is 0.239. The van der Waals surface area contributed by atoms with Gasteiger partial charge in [-0.1, -0.05) is 42.0 Å². The van der Waals surface area contributed by atoms with Crippen molar-refractivity contribution in [3.05, 3.63) is 69.4 Å². The Kier molecular flexibility index (Phi) is 9.33. The van der Waals surface area contributed by atoms with Crippen LogP contribution in [0, 0.1) is 6.92 Å². The zero-order chi connectivity index (χ0) is 23.8. The second-order valence-corrected chi connectivity index (χ2v) is 10.6. The molecular weight excluding hydrogens is 446 g/mol. The number of amides is 1. The maximum Gasteiger partial charge on any atom is 0.223 e. The summed E-state index contributed by atoms with van der Waals surface area (Å²) in [6.45, 7) is 3.73. The van der Waals surface area contributed by atoms with Crippen LogP contribution in [0.15, 0.2) is 48.6 Å². The number of carbonyl (C=O) groups excluding carboxylic acids is 1. The Labute approximate surface area is 207 Å². The maximum atomic E-state index is 12.6. The molecule has 0 bridgehead atoms. The second-order valence-electron chi connectivity index (χ2n) is 9.37. The van der Waals surface area contributed by atoms with Gasteiger partial charge in [-0.3, -0.25) is 4.79 Å². The van der Waals surface area contributed by atoms with Gasteiger partial charge < -0.3 is 19.5 Å². The summed E-state index contributed by atoms with van der Waals surface area (Å²) in [6, 6.07) is 12.8. The lowest BCUT2D eigenvalue weighted by Crippen LogP contribution is -2.33. The van der Waals surface area contributed by atoms with Crippen LogP contribution in [0.5, 0.6) is 0 Å². The number of hydrogen-bond acceptors (Lipinski definition) is 5. The predicted molar refractivity (Wildman–Crippen MR) is 136 cm³/mol. The molecule has 2 aliphatic heterocycles. The van der Waals surface area contributed by atoms with Gasteiger partial charge in [0, 0.05) is 35.7 Å². The second kappa shape index (κ2) is 12.6. The predicted octanol–water partition coefficient (Wildman–Crippen LogP) is 5.18. The molecule has 2 aliphatic rings. The highest BCUT2D eigenvalue weighted by Gasteiger charge is 2.29. The average Bonchev–Trinajstić information content (AvgIpc) is 3.45. The van der Waals surface area contributed by atoms with Gasteiger partial charge in [-0.15, -0.1) is 11.3 Å². The highest BCUT2D eigenvalue weighted by molar-refractivity contribution is 7.11. The maximum absolute atomic E-state index is 12.6. The van der Waals surface area contributed by atoms with Crippen molar-refractivity contribution in [2.45, 2.75) is 83.3 Å². The number of likely N-dealkylation sites (tertiary alicyclic amines) is 1. The molecule has 6 heteroatoms. The monoisotopic (exact) mass is 483 g/mol. The molecule has 184 valence electrons. The fourth-order valence-corrected chi connectivity index (χ4v) is 5.73. The number of thiophene rings is 1. The Balaban J connectivity index is 1.37. The third-order valence-electron chi connectivity index (χ3n) is 6.60. The number of rotatable bonds is 11. The number of ether oxygens (including phenoxy) is 2. The van der Waals surface area contributed by atoms with E-state index in [9.17, 15) is 9.90 Å². The molecule has 1 N–H and O–H groups in total. The molecule has 0 aliphatic carbocycles. The molecule has 2 fully saturated rings. The van der Waals surface area contributed by atoms with Crippen LogP contribution >= 0.6 is 11.3 Å². The van der Waals surface area contributed by atoms with Crippen molar-refractivity contribution in [2.75, 3.05) is 13.2 Å². The number of hydrogen-bond donors (Lipinski definition) is 1. The molecule has 5 nitrogen and oxygen atoms in total. The fraction of sp³-hybridized carbons (Fsp3) is 0.536. The van der Waals surface area contributed by atoms with Crippen molar-refractivity contribution in [2.24, 2.45) is 0 Å². The Bertz CT molecular complexity index is 949. The van der Waals surface area contributed by atoms with Crippen LogP contribution in [0.4, 0.5) is 0 Å². The first-order chi connectivity index (χ1) is 16.6. The van der Waals surface area contributed by atoms with Gasteiger partial charge in [0.2, 0.25) is 5.91 Å². The third-order valence-corrected chi connectivity index (χ3v) is 7.73. The van der Waals surface area contributed by atoms with Gasteiger partial charge in [0.25, 0.3) is 0 Å². The summed E-state index contributed by atoms with van der Waals surface area (Å²) in [5.41, 5.74) is 2.50. The first-order valence-corrected chi connectivity index (χ1v) is 13.4. The van der Waals surface area contributed by atoms with E-state index in [0.717, 1.165) is 63.0 Å². The van der Waals surface area contributed by atoms with Crippen molar-refractivity contribution >= 4 is 17.2 Å². The molecule has 0 spiro atoms. The van der Waals surface area contributed by atoms with Crippen molar-refractivity contribution in [1.82, 2.24) is 4.90 Å². The first-order valence-electron chi connectivity index (χ1n) is 12.6. The minimum absolute atomic E-state index is 0.0783. The molecule has 3 heterocycles. The highest BCUT2D eigenvalue weighted by Crippen LogP contribution is 2.24. The molecular formula is C28H37NO4S. The molecule has 1 aromatic carbocycles. The van der Waals surface area contributed by atoms with Crippen LogP contribution in [-0.2, 0) is 33.7 Å². The summed E-state index contributed by atoms with van der Waals surface area (Å²) in [7, 11) is 0. The molecule has 1 amide bonds. The summed E-state index contributed by atoms with van der Waals surface area (Å²) in [6.07, 6.45) is 11.4. The van der Waals surface area contributed by atoms with E-state index in [4.69, 9.17) is 9.47 Å². The van der Waals surface area contributed by atoms with E-state index >= 15 is 0 Å². The smallest absolute Gasteiger partial charge is 0.223 e. The molecule has 2 aromatic rings. The number of aryl methyl sites for hydroxylation is 2. The summed E-state index contributed by atoms with van der Waals surface area (Å²) >= 11 is 1.65. The fourth-order valence-electron chi connectivity index (χ4n) is 4.81. The molecule has 2 saturated heterocycles. The Hall–Kier alpha value is -1.99. The summed E-state index contributed by atoms with van der Waals surface area (Å²) < 4.78 is 12.2. The van der Waals surface area contributed by atoms with Crippen molar-refractivity contribution < 1.29 is 19.4 Å². The van der Waals surface area contributed by atoms with Gasteiger partial charge in [0.05, 0.1) is 18.8 Å². The van der Waals surface area contributed by atoms with Gasteiger partial charge in [-0.2, -0.15) is 0 Å². The Morgan fingerprint density at radius 2 is 2.12 bits per heavy atom. The van der Waals surface area contributed by atoms with Crippen molar-refractivity contribution in [3.63, 3.8) is 0 Å². The number of aliphatic hydroxyl groups is 1. The van der Waals surface area contributed by atoms with E-state index in [1.807, 2.05) is 11.0 Å². The normalized spacial score (nSPS) is 22.1. The van der Waals surface area contributed by atoms with Crippen LogP contribution in [0.25, 0.3) is 0 Å². The van der Waals surface area contributed by atoms with Crippen LogP contribution in [0.3, 0.4) is 0 Å². The van der Waals surface area contributed by atoms with E-state index in [-0.39, 0.29) is 30.9 Å². The molecule has 0 saturated carbocycles. The third kappa shape index (κ3) is 7.25. The number of aliphatic hydroxyl groups excluding tert-OH is 1. The molecule has 3 atom stereocenters. The summed E-state index contributed by atoms with van der Waals surface area (Å²) in [4.78, 5) is 16.9. The standard InChI is InChI=1S/C28H37NO4S/c1-21-6-4-7-22(18-21)19-24(33-28-9-2-3-17-32-28)12-10-23-11-15-27(31)29(23)16-5-8-25-13-14-26(20-30)34-25/h4,6-7,10,12-14,18,23-24,28,30H,2-3,5,8-9,11,15-17,19-20H2,1H3/t23-,24+,28?/m0/s1.